The van der Waals surface area contributed by atoms with Crippen molar-refractivity contribution in [1.82, 2.24) is 0 Å². The predicted molar refractivity (Wildman–Crippen MR) is 73.7 cm³/mol. The fourth-order valence-corrected chi connectivity index (χ4v) is 2.14. The largest absolute Gasteiger partial charge is 0.573 e. The minimum atomic E-state index is -4.85. The van der Waals surface area contributed by atoms with Crippen LogP contribution in [-0.4, -0.2) is 11.6 Å². The zero-order valence-electron chi connectivity index (χ0n) is 11.5. The molecule has 2 aromatic rings. The molecule has 0 bridgehead atoms. The number of benzene rings is 2. The van der Waals surface area contributed by atoms with E-state index >= 15 is 0 Å². The lowest BCUT2D eigenvalue weighted by Gasteiger charge is -2.13. The molecule has 0 heterocycles. The van der Waals surface area contributed by atoms with Gasteiger partial charge in [-0.3, -0.25) is 4.79 Å². The van der Waals surface area contributed by atoms with Crippen LogP contribution in [0.2, 0.25) is 0 Å². The minimum absolute atomic E-state index is 0.186. The van der Waals surface area contributed by atoms with Gasteiger partial charge in [0, 0.05) is 5.56 Å². The lowest BCUT2D eigenvalue weighted by molar-refractivity contribution is -0.274. The highest BCUT2D eigenvalue weighted by atomic mass is 35.5. The summed E-state index contributed by atoms with van der Waals surface area (Å²) in [5.74, 6) is -0.480. The van der Waals surface area contributed by atoms with Crippen LogP contribution >= 0.6 is 11.6 Å². The fourth-order valence-electron chi connectivity index (χ4n) is 1.98. The molecule has 0 amide bonds. The molecule has 2 rings (SSSR count). The van der Waals surface area contributed by atoms with E-state index in [1.54, 1.807) is 0 Å². The molecule has 0 radical (unpaired) electrons. The minimum Gasteiger partial charge on any atom is -0.406 e. The van der Waals surface area contributed by atoms with Crippen LogP contribution in [0.25, 0.3) is 11.1 Å². The lowest BCUT2D eigenvalue weighted by Crippen LogP contribution is -2.16. The molecule has 0 spiro atoms. The van der Waals surface area contributed by atoms with Crippen LogP contribution in [0.3, 0.4) is 0 Å². The van der Waals surface area contributed by atoms with Gasteiger partial charge >= 0.3 is 12.5 Å². The maximum atomic E-state index is 12.8. The lowest BCUT2D eigenvalue weighted by atomic mass is 9.99. The Hall–Kier alpha value is -2.22. The van der Waals surface area contributed by atoms with Gasteiger partial charge in [0.1, 0.15) is 5.75 Å². The van der Waals surface area contributed by atoms with Crippen LogP contribution in [0.4, 0.5) is 26.3 Å². The molecule has 0 aliphatic heterocycles. The van der Waals surface area contributed by atoms with Crippen molar-refractivity contribution >= 4 is 16.8 Å². The highest BCUT2D eigenvalue weighted by Crippen LogP contribution is 2.35. The molecule has 2 aromatic carbocycles. The van der Waals surface area contributed by atoms with Gasteiger partial charge in [-0.05, 0) is 47.0 Å². The van der Waals surface area contributed by atoms with E-state index in [0.29, 0.717) is 6.07 Å². The molecule has 0 N–H and O–H groups in total. The number of hydrogen-bond donors (Lipinski definition) is 0. The van der Waals surface area contributed by atoms with E-state index in [4.69, 9.17) is 11.6 Å². The van der Waals surface area contributed by atoms with Crippen LogP contribution in [0.1, 0.15) is 15.9 Å². The highest BCUT2D eigenvalue weighted by molar-refractivity contribution is 6.68. The van der Waals surface area contributed by atoms with Gasteiger partial charge in [-0.1, -0.05) is 18.2 Å². The quantitative estimate of drug-likeness (QED) is 0.517. The van der Waals surface area contributed by atoms with E-state index < -0.39 is 34.7 Å². The number of ether oxygens (including phenoxy) is 1. The second-order valence-electron chi connectivity index (χ2n) is 4.60. The third-order valence-electron chi connectivity index (χ3n) is 2.96. The van der Waals surface area contributed by atoms with Gasteiger partial charge in [-0.25, -0.2) is 0 Å². The maximum absolute atomic E-state index is 12.8. The van der Waals surface area contributed by atoms with E-state index in [9.17, 15) is 31.1 Å². The number of carbonyl (C=O) groups excluding carboxylic acids is 1. The number of alkyl halides is 6. The summed E-state index contributed by atoms with van der Waals surface area (Å²) in [6, 6.07) is 7.14. The molecule has 128 valence electrons. The van der Waals surface area contributed by atoms with Crippen molar-refractivity contribution in [3.63, 3.8) is 0 Å². The van der Waals surface area contributed by atoms with E-state index in [1.807, 2.05) is 0 Å². The van der Waals surface area contributed by atoms with Crippen LogP contribution in [0.15, 0.2) is 42.5 Å². The summed E-state index contributed by atoms with van der Waals surface area (Å²) < 4.78 is 78.4. The smallest absolute Gasteiger partial charge is 0.406 e. The average Bonchev–Trinajstić information content (AvgIpc) is 2.44. The average molecular weight is 369 g/mol. The molecule has 0 atom stereocenters. The summed E-state index contributed by atoms with van der Waals surface area (Å²) in [6.45, 7) is 0. The van der Waals surface area contributed by atoms with Crippen molar-refractivity contribution in [2.24, 2.45) is 0 Å². The van der Waals surface area contributed by atoms with Crippen LogP contribution < -0.4 is 4.74 Å². The predicted octanol–water partition coefficient (Wildman–Crippen LogP) is 5.65. The summed E-state index contributed by atoms with van der Waals surface area (Å²) in [6.07, 6.45) is -9.61. The molecule has 0 aliphatic rings. The Morgan fingerprint density at radius 2 is 1.42 bits per heavy atom. The molecular formula is C15H7ClF6O2. The number of carbonyl (C=O) groups is 1. The molecule has 0 unspecified atom stereocenters. The van der Waals surface area contributed by atoms with Gasteiger partial charge in [0.15, 0.2) is 0 Å². The topological polar surface area (TPSA) is 26.3 Å². The first-order chi connectivity index (χ1) is 11.0. The van der Waals surface area contributed by atoms with E-state index in [-0.39, 0.29) is 11.1 Å². The van der Waals surface area contributed by atoms with Crippen molar-refractivity contribution < 1.29 is 35.9 Å². The molecule has 0 fully saturated rings. The van der Waals surface area contributed by atoms with Gasteiger partial charge in [0.05, 0.1) is 5.56 Å². The van der Waals surface area contributed by atoms with Crippen LogP contribution in [-0.2, 0) is 6.18 Å². The summed E-state index contributed by atoms with van der Waals surface area (Å²) in [4.78, 5) is 11.2. The molecule has 9 heteroatoms. The van der Waals surface area contributed by atoms with Crippen molar-refractivity contribution in [2.45, 2.75) is 12.5 Å². The first kappa shape index (κ1) is 18.1. The Labute approximate surface area is 136 Å². The highest BCUT2D eigenvalue weighted by Gasteiger charge is 2.35. The van der Waals surface area contributed by atoms with Crippen molar-refractivity contribution in [2.75, 3.05) is 0 Å². The summed E-state index contributed by atoms with van der Waals surface area (Å²) >= 11 is 5.19. The monoisotopic (exact) mass is 368 g/mol. The summed E-state index contributed by atoms with van der Waals surface area (Å²) in [7, 11) is 0. The first-order valence-corrected chi connectivity index (χ1v) is 6.62. The Kier molecular flexibility index (Phi) is 4.80. The zero-order chi connectivity index (χ0) is 18.1. The molecule has 0 saturated carbocycles. The third kappa shape index (κ3) is 4.41. The number of hydrogen-bond acceptors (Lipinski definition) is 2. The Balaban J connectivity index is 2.39. The molecule has 0 aromatic heterocycles. The molecule has 2 nitrogen and oxygen atoms in total. The summed E-state index contributed by atoms with van der Waals surface area (Å²) in [5, 5.41) is -1.29. The Bertz CT molecular complexity index is 750. The number of halogens is 7. The molecular weight excluding hydrogens is 362 g/mol. The molecule has 0 aliphatic carbocycles. The fraction of sp³-hybridized carbons (Fsp3) is 0.133. The van der Waals surface area contributed by atoms with Crippen LogP contribution in [0, 0.1) is 0 Å². The van der Waals surface area contributed by atoms with Gasteiger partial charge < -0.3 is 4.74 Å². The van der Waals surface area contributed by atoms with Crippen molar-refractivity contribution in [3.8, 4) is 16.9 Å². The SMILES string of the molecule is O=C(Cl)c1cc(-c2ccc(OC(F)(F)F)cc2)ccc1C(F)(F)F. The van der Waals surface area contributed by atoms with E-state index in [0.717, 1.165) is 24.3 Å². The second kappa shape index (κ2) is 6.35. The van der Waals surface area contributed by atoms with Gasteiger partial charge in [0.2, 0.25) is 0 Å². The standard InChI is InChI=1S/C15H7ClF6O2/c16-13(23)11-7-9(3-6-12(11)14(17,18)19)8-1-4-10(5-2-8)24-15(20,21)22/h1-7H. The van der Waals surface area contributed by atoms with Crippen molar-refractivity contribution in [1.29, 1.82) is 0 Å². The van der Waals surface area contributed by atoms with Crippen molar-refractivity contribution in [3.05, 3.63) is 53.6 Å². The van der Waals surface area contributed by atoms with Crippen LogP contribution in [0.5, 0.6) is 5.75 Å². The second-order valence-corrected chi connectivity index (χ2v) is 4.95. The Morgan fingerprint density at radius 3 is 1.88 bits per heavy atom. The first-order valence-electron chi connectivity index (χ1n) is 6.24. The number of rotatable bonds is 3. The van der Waals surface area contributed by atoms with Gasteiger partial charge in [0.25, 0.3) is 5.24 Å². The maximum Gasteiger partial charge on any atom is 0.573 e. The Morgan fingerprint density at radius 1 is 0.875 bits per heavy atom. The third-order valence-corrected chi connectivity index (χ3v) is 3.16. The zero-order valence-corrected chi connectivity index (χ0v) is 12.3. The van der Waals surface area contributed by atoms with E-state index in [2.05, 4.69) is 4.74 Å². The van der Waals surface area contributed by atoms with E-state index in [1.165, 1.54) is 12.1 Å². The molecule has 24 heavy (non-hydrogen) atoms. The van der Waals surface area contributed by atoms with Gasteiger partial charge in [-0.15, -0.1) is 13.2 Å². The molecule has 0 saturated heterocycles. The summed E-state index contributed by atoms with van der Waals surface area (Å²) in [5.41, 5.74) is -1.46. The van der Waals surface area contributed by atoms with Gasteiger partial charge in [-0.2, -0.15) is 13.2 Å². The normalized spacial score (nSPS) is 12.1.